The van der Waals surface area contributed by atoms with Crippen LogP contribution in [0.3, 0.4) is 0 Å². The molecule has 3 aromatic rings. The van der Waals surface area contributed by atoms with E-state index in [1.807, 2.05) is 18.2 Å². The highest BCUT2D eigenvalue weighted by Gasteiger charge is 2.33. The summed E-state index contributed by atoms with van der Waals surface area (Å²) in [5, 5.41) is 4.32. The second kappa shape index (κ2) is 7.22. The van der Waals surface area contributed by atoms with Crippen LogP contribution in [0.4, 0.5) is 0 Å². The van der Waals surface area contributed by atoms with E-state index in [0.717, 1.165) is 16.5 Å². The van der Waals surface area contributed by atoms with E-state index >= 15 is 0 Å². The standard InChI is InChI=1S/C24H27NO2/c1-15(2)20-13-21-19(14-27-22(21)11-16(20)3)12-23(26)25-24(18-9-10-18)17-7-5-4-6-8-17/h4-8,11,13-15,18,24H,9-10,12H2,1-3H3,(H,25,26). The van der Waals surface area contributed by atoms with Gasteiger partial charge in [-0.1, -0.05) is 44.2 Å². The van der Waals surface area contributed by atoms with Crippen molar-refractivity contribution >= 4 is 16.9 Å². The summed E-state index contributed by atoms with van der Waals surface area (Å²) in [7, 11) is 0. The molecule has 1 aliphatic carbocycles. The zero-order valence-corrected chi connectivity index (χ0v) is 16.3. The molecule has 4 rings (SSSR count). The molecule has 0 saturated heterocycles. The number of rotatable bonds is 6. The molecular weight excluding hydrogens is 334 g/mol. The van der Waals surface area contributed by atoms with Crippen LogP contribution in [0.5, 0.6) is 0 Å². The molecule has 1 saturated carbocycles. The Kier molecular flexibility index (Phi) is 4.77. The van der Waals surface area contributed by atoms with Crippen molar-refractivity contribution in [2.45, 2.75) is 52.0 Å². The Labute approximate surface area is 160 Å². The van der Waals surface area contributed by atoms with Gasteiger partial charge in [-0.2, -0.15) is 0 Å². The molecule has 140 valence electrons. The van der Waals surface area contributed by atoms with Crippen molar-refractivity contribution in [3.05, 3.63) is 71.0 Å². The van der Waals surface area contributed by atoms with Crippen LogP contribution in [-0.2, 0) is 11.2 Å². The minimum absolute atomic E-state index is 0.0603. The Hall–Kier alpha value is -2.55. The van der Waals surface area contributed by atoms with Gasteiger partial charge in [0.1, 0.15) is 5.58 Å². The van der Waals surface area contributed by atoms with Gasteiger partial charge in [-0.25, -0.2) is 0 Å². The van der Waals surface area contributed by atoms with E-state index in [0.29, 0.717) is 18.3 Å². The van der Waals surface area contributed by atoms with E-state index < -0.39 is 0 Å². The van der Waals surface area contributed by atoms with Crippen molar-refractivity contribution in [2.75, 3.05) is 0 Å². The van der Waals surface area contributed by atoms with Crippen molar-refractivity contribution < 1.29 is 9.21 Å². The lowest BCUT2D eigenvalue weighted by atomic mass is 9.95. The number of nitrogens with one attached hydrogen (secondary N) is 1. The van der Waals surface area contributed by atoms with Crippen molar-refractivity contribution in [3.8, 4) is 0 Å². The van der Waals surface area contributed by atoms with Gasteiger partial charge in [0.2, 0.25) is 5.91 Å². The predicted molar refractivity (Wildman–Crippen MR) is 109 cm³/mol. The van der Waals surface area contributed by atoms with Gasteiger partial charge in [-0.05, 0) is 60.4 Å². The largest absolute Gasteiger partial charge is 0.464 e. The maximum atomic E-state index is 12.8. The first-order valence-corrected chi connectivity index (χ1v) is 9.88. The van der Waals surface area contributed by atoms with E-state index in [4.69, 9.17) is 4.42 Å². The smallest absolute Gasteiger partial charge is 0.225 e. The van der Waals surface area contributed by atoms with Crippen molar-refractivity contribution in [2.24, 2.45) is 5.92 Å². The highest BCUT2D eigenvalue weighted by molar-refractivity contribution is 5.88. The average Bonchev–Trinajstić information content (AvgIpc) is 3.42. The maximum Gasteiger partial charge on any atom is 0.225 e. The third-order valence-electron chi connectivity index (χ3n) is 5.58. The molecule has 2 aromatic carbocycles. The van der Waals surface area contributed by atoms with E-state index in [1.165, 1.54) is 29.5 Å². The highest BCUT2D eigenvalue weighted by atomic mass is 16.3. The van der Waals surface area contributed by atoms with E-state index in [1.54, 1.807) is 6.26 Å². The molecule has 1 N–H and O–H groups in total. The van der Waals surface area contributed by atoms with E-state index in [2.05, 4.69) is 50.4 Å². The molecule has 0 bridgehead atoms. The topological polar surface area (TPSA) is 42.2 Å². The summed E-state index contributed by atoms with van der Waals surface area (Å²) in [6.45, 7) is 6.51. The number of fused-ring (bicyclic) bond motifs is 1. The monoisotopic (exact) mass is 361 g/mol. The Balaban J connectivity index is 1.55. The first-order chi connectivity index (χ1) is 13.0. The van der Waals surface area contributed by atoms with Gasteiger partial charge in [0.25, 0.3) is 0 Å². The number of hydrogen-bond acceptors (Lipinski definition) is 2. The molecule has 3 heteroatoms. The summed E-state index contributed by atoms with van der Waals surface area (Å²) >= 11 is 0. The molecule has 1 aromatic heterocycles. The van der Waals surface area contributed by atoms with Crippen LogP contribution in [-0.4, -0.2) is 5.91 Å². The summed E-state index contributed by atoms with van der Waals surface area (Å²) in [5.74, 6) is 1.07. The fraction of sp³-hybridized carbons (Fsp3) is 0.375. The Bertz CT molecular complexity index is 951. The molecule has 1 heterocycles. The molecular formula is C24H27NO2. The number of carbonyl (C=O) groups is 1. The van der Waals surface area contributed by atoms with Crippen LogP contribution >= 0.6 is 0 Å². The average molecular weight is 361 g/mol. The van der Waals surface area contributed by atoms with Crippen LogP contribution in [0.1, 0.15) is 60.9 Å². The zero-order chi connectivity index (χ0) is 19.0. The van der Waals surface area contributed by atoms with Crippen LogP contribution in [0.2, 0.25) is 0 Å². The number of aryl methyl sites for hydroxylation is 1. The third-order valence-corrected chi connectivity index (χ3v) is 5.58. The van der Waals surface area contributed by atoms with Gasteiger partial charge >= 0.3 is 0 Å². The Morgan fingerprint density at radius 3 is 2.59 bits per heavy atom. The fourth-order valence-corrected chi connectivity index (χ4v) is 3.96. The van der Waals surface area contributed by atoms with Gasteiger partial charge in [0, 0.05) is 10.9 Å². The molecule has 27 heavy (non-hydrogen) atoms. The van der Waals surface area contributed by atoms with Crippen LogP contribution in [0.25, 0.3) is 11.0 Å². The van der Waals surface area contributed by atoms with Crippen molar-refractivity contribution in [1.82, 2.24) is 5.32 Å². The lowest BCUT2D eigenvalue weighted by Crippen LogP contribution is -2.31. The number of hydrogen-bond donors (Lipinski definition) is 1. The Morgan fingerprint density at radius 1 is 1.19 bits per heavy atom. The maximum absolute atomic E-state index is 12.8. The zero-order valence-electron chi connectivity index (χ0n) is 16.3. The van der Waals surface area contributed by atoms with Crippen molar-refractivity contribution in [1.29, 1.82) is 0 Å². The molecule has 1 amide bonds. The molecule has 0 spiro atoms. The minimum atomic E-state index is 0.0603. The first-order valence-electron chi connectivity index (χ1n) is 9.88. The Morgan fingerprint density at radius 2 is 1.93 bits per heavy atom. The second-order valence-electron chi connectivity index (χ2n) is 8.09. The third kappa shape index (κ3) is 3.78. The number of amides is 1. The minimum Gasteiger partial charge on any atom is -0.464 e. The molecule has 3 nitrogen and oxygen atoms in total. The molecule has 0 radical (unpaired) electrons. The van der Waals surface area contributed by atoms with E-state index in [-0.39, 0.29) is 11.9 Å². The highest BCUT2D eigenvalue weighted by Crippen LogP contribution is 2.41. The molecule has 0 aliphatic heterocycles. The van der Waals surface area contributed by atoms with Crippen LogP contribution in [0.15, 0.2) is 53.1 Å². The van der Waals surface area contributed by atoms with Gasteiger partial charge < -0.3 is 9.73 Å². The number of carbonyl (C=O) groups excluding carboxylic acids is 1. The van der Waals surface area contributed by atoms with Gasteiger partial charge in [0.15, 0.2) is 0 Å². The number of furan rings is 1. The number of benzene rings is 2. The molecule has 1 atom stereocenters. The predicted octanol–water partition coefficient (Wildman–Crippen LogP) is 5.67. The normalized spacial score (nSPS) is 15.3. The quantitative estimate of drug-likeness (QED) is 0.614. The van der Waals surface area contributed by atoms with Crippen molar-refractivity contribution in [3.63, 3.8) is 0 Å². The van der Waals surface area contributed by atoms with Gasteiger partial charge in [-0.15, -0.1) is 0 Å². The fourth-order valence-electron chi connectivity index (χ4n) is 3.96. The van der Waals surface area contributed by atoms with Gasteiger partial charge in [-0.3, -0.25) is 4.79 Å². The molecule has 1 fully saturated rings. The lowest BCUT2D eigenvalue weighted by molar-refractivity contribution is -0.121. The van der Waals surface area contributed by atoms with Gasteiger partial charge in [0.05, 0.1) is 18.7 Å². The summed E-state index contributed by atoms with van der Waals surface area (Å²) in [6.07, 6.45) is 4.46. The summed E-state index contributed by atoms with van der Waals surface area (Å²) in [4.78, 5) is 12.8. The summed E-state index contributed by atoms with van der Waals surface area (Å²) in [5.41, 5.74) is 5.57. The first kappa shape index (κ1) is 17.8. The van der Waals surface area contributed by atoms with Crippen LogP contribution < -0.4 is 5.32 Å². The molecule has 1 aliphatic rings. The van der Waals surface area contributed by atoms with E-state index in [9.17, 15) is 4.79 Å². The summed E-state index contributed by atoms with van der Waals surface area (Å²) < 4.78 is 5.73. The SMILES string of the molecule is Cc1cc2occ(CC(=O)NC(c3ccccc3)C3CC3)c2cc1C(C)C. The lowest BCUT2D eigenvalue weighted by Gasteiger charge is -2.18. The molecule has 1 unspecified atom stereocenters. The second-order valence-corrected chi connectivity index (χ2v) is 8.09. The van der Waals surface area contributed by atoms with Crippen LogP contribution in [0, 0.1) is 12.8 Å². The summed E-state index contributed by atoms with van der Waals surface area (Å²) in [6, 6.07) is 14.7.